The zero-order valence-electron chi connectivity index (χ0n) is 8.82. The highest BCUT2D eigenvalue weighted by Gasteiger charge is 2.00. The number of benzene rings is 1. The van der Waals surface area contributed by atoms with Gasteiger partial charge in [0, 0.05) is 24.7 Å². The average molecular weight is 216 g/mol. The highest BCUT2D eigenvalue weighted by Crippen LogP contribution is 2.18. The molecule has 82 valence electrons. The molecule has 0 bridgehead atoms. The average Bonchev–Trinajstić information content (AvgIpc) is 2.73. The van der Waals surface area contributed by atoms with Crippen LogP contribution in [0.15, 0.2) is 36.7 Å². The first-order valence-corrected chi connectivity index (χ1v) is 4.83. The first-order valence-electron chi connectivity index (χ1n) is 4.83. The number of nitrogens with one attached hydrogen (secondary N) is 3. The van der Waals surface area contributed by atoms with Gasteiger partial charge in [0.05, 0.1) is 11.7 Å². The second-order valence-corrected chi connectivity index (χ2v) is 3.21. The lowest BCUT2D eigenvalue weighted by Crippen LogP contribution is -2.04. The second kappa shape index (κ2) is 4.48. The lowest BCUT2D eigenvalue weighted by Gasteiger charge is -2.02. The number of H-pyrrole nitrogens is 1. The van der Waals surface area contributed by atoms with Gasteiger partial charge in [-0.1, -0.05) is 0 Å². The van der Waals surface area contributed by atoms with Crippen LogP contribution >= 0.6 is 0 Å². The van der Waals surface area contributed by atoms with Crippen LogP contribution < -0.4 is 10.1 Å². The normalized spacial score (nSPS) is 10.8. The van der Waals surface area contributed by atoms with Crippen LogP contribution in [0.25, 0.3) is 10.9 Å². The fraction of sp³-hybridized carbons (Fsp3) is 0.0909. The first kappa shape index (κ1) is 10.2. The highest BCUT2D eigenvalue weighted by atomic mass is 16.5. The summed E-state index contributed by atoms with van der Waals surface area (Å²) in [7, 11) is 1.77. The lowest BCUT2D eigenvalue weighted by molar-refractivity contribution is 0.551. The minimum absolute atomic E-state index is 0.0807. The van der Waals surface area contributed by atoms with E-state index in [4.69, 9.17) is 10.1 Å². The van der Waals surface area contributed by atoms with Crippen molar-refractivity contribution in [1.29, 1.82) is 5.41 Å². The molecule has 3 N–H and O–H groups in total. The Labute approximate surface area is 92.6 Å². The summed E-state index contributed by atoms with van der Waals surface area (Å²) < 4.78 is 5.31. The number of fused-ring (bicyclic) bond motifs is 1. The SMILES string of the molecule is CN/C=C\C(=N)Oc1ccc2[nH]ncc2c1. The smallest absolute Gasteiger partial charge is 0.213 e. The third-order valence-corrected chi connectivity index (χ3v) is 2.04. The van der Waals surface area contributed by atoms with Crippen LogP contribution in [0.3, 0.4) is 0 Å². The Kier molecular flexibility index (Phi) is 2.86. The molecule has 0 aliphatic carbocycles. The fourth-order valence-corrected chi connectivity index (χ4v) is 1.30. The van der Waals surface area contributed by atoms with E-state index in [2.05, 4.69) is 15.5 Å². The van der Waals surface area contributed by atoms with Crippen molar-refractivity contribution in [2.24, 2.45) is 0 Å². The molecular formula is C11H12N4O. The molecule has 1 aromatic carbocycles. The molecular weight excluding hydrogens is 204 g/mol. The number of aromatic nitrogens is 2. The Morgan fingerprint density at radius 3 is 3.25 bits per heavy atom. The van der Waals surface area contributed by atoms with Crippen molar-refractivity contribution in [1.82, 2.24) is 15.5 Å². The lowest BCUT2D eigenvalue weighted by atomic mass is 10.2. The predicted octanol–water partition coefficient (Wildman–Crippen LogP) is 1.65. The van der Waals surface area contributed by atoms with Crippen LogP contribution in [0.2, 0.25) is 0 Å². The number of hydrogen-bond acceptors (Lipinski definition) is 4. The van der Waals surface area contributed by atoms with Crippen LogP contribution in [0.5, 0.6) is 5.75 Å². The maximum Gasteiger partial charge on any atom is 0.213 e. The molecule has 2 rings (SSSR count). The molecule has 0 atom stereocenters. The summed E-state index contributed by atoms with van der Waals surface area (Å²) in [5.74, 6) is 0.705. The van der Waals surface area contributed by atoms with E-state index in [1.807, 2.05) is 12.1 Å². The van der Waals surface area contributed by atoms with Gasteiger partial charge in [0.25, 0.3) is 0 Å². The minimum Gasteiger partial charge on any atom is -0.440 e. The van der Waals surface area contributed by atoms with Crippen molar-refractivity contribution in [2.75, 3.05) is 7.05 Å². The molecule has 5 heteroatoms. The van der Waals surface area contributed by atoms with Crippen molar-refractivity contribution in [3.8, 4) is 5.75 Å². The molecule has 0 aliphatic heterocycles. The van der Waals surface area contributed by atoms with Crippen LogP contribution in [-0.2, 0) is 0 Å². The Morgan fingerprint density at radius 2 is 2.44 bits per heavy atom. The number of aromatic amines is 1. The summed E-state index contributed by atoms with van der Waals surface area (Å²) in [5, 5.41) is 18.0. The van der Waals surface area contributed by atoms with Gasteiger partial charge in [0.2, 0.25) is 5.90 Å². The molecule has 0 unspecified atom stereocenters. The molecule has 16 heavy (non-hydrogen) atoms. The highest BCUT2D eigenvalue weighted by molar-refractivity contribution is 5.87. The van der Waals surface area contributed by atoms with E-state index in [1.54, 1.807) is 31.6 Å². The molecule has 0 amide bonds. The van der Waals surface area contributed by atoms with E-state index in [-0.39, 0.29) is 5.90 Å². The zero-order chi connectivity index (χ0) is 11.4. The number of hydrogen-bond donors (Lipinski definition) is 3. The van der Waals surface area contributed by atoms with E-state index in [1.165, 1.54) is 0 Å². The van der Waals surface area contributed by atoms with Crippen LogP contribution in [0.1, 0.15) is 0 Å². The third kappa shape index (κ3) is 2.20. The molecule has 0 fully saturated rings. The van der Waals surface area contributed by atoms with Crippen molar-refractivity contribution in [3.05, 3.63) is 36.7 Å². The molecule has 0 saturated heterocycles. The Bertz CT molecular complexity index is 530. The van der Waals surface area contributed by atoms with Crippen molar-refractivity contribution in [3.63, 3.8) is 0 Å². The van der Waals surface area contributed by atoms with Gasteiger partial charge in [-0.05, 0) is 18.2 Å². The zero-order valence-corrected chi connectivity index (χ0v) is 8.82. The largest absolute Gasteiger partial charge is 0.440 e. The van der Waals surface area contributed by atoms with Gasteiger partial charge >= 0.3 is 0 Å². The first-order chi connectivity index (χ1) is 7.79. The summed E-state index contributed by atoms with van der Waals surface area (Å²) >= 11 is 0. The molecule has 1 heterocycles. The third-order valence-electron chi connectivity index (χ3n) is 2.04. The van der Waals surface area contributed by atoms with Crippen LogP contribution in [-0.4, -0.2) is 23.1 Å². The summed E-state index contributed by atoms with van der Waals surface area (Å²) in [6.07, 6.45) is 4.90. The van der Waals surface area contributed by atoms with Gasteiger partial charge in [-0.3, -0.25) is 10.5 Å². The van der Waals surface area contributed by atoms with Crippen LogP contribution in [0, 0.1) is 5.41 Å². The Balaban J connectivity index is 2.14. The molecule has 0 saturated carbocycles. The van der Waals surface area contributed by atoms with Gasteiger partial charge in [-0.15, -0.1) is 0 Å². The van der Waals surface area contributed by atoms with E-state index in [0.717, 1.165) is 10.9 Å². The summed E-state index contributed by atoms with van der Waals surface area (Å²) in [6.45, 7) is 0. The van der Waals surface area contributed by atoms with E-state index < -0.39 is 0 Å². The Morgan fingerprint density at radius 1 is 1.56 bits per heavy atom. The van der Waals surface area contributed by atoms with Gasteiger partial charge in [0.15, 0.2) is 0 Å². The van der Waals surface area contributed by atoms with E-state index >= 15 is 0 Å². The van der Waals surface area contributed by atoms with Gasteiger partial charge < -0.3 is 10.1 Å². The van der Waals surface area contributed by atoms with E-state index in [0.29, 0.717) is 5.75 Å². The minimum atomic E-state index is 0.0807. The standard InChI is InChI=1S/C11H12N4O/c1-13-5-4-11(12)16-9-2-3-10-8(6-9)7-14-15-10/h2-7,12-13H,1H3,(H,14,15)/b5-4-,12-11?. The molecule has 2 aromatic rings. The maximum absolute atomic E-state index is 7.53. The van der Waals surface area contributed by atoms with Gasteiger partial charge in [-0.25, -0.2) is 0 Å². The topological polar surface area (TPSA) is 73.8 Å². The maximum atomic E-state index is 7.53. The second-order valence-electron chi connectivity index (χ2n) is 3.21. The summed E-state index contributed by atoms with van der Waals surface area (Å²) in [5.41, 5.74) is 0.949. The van der Waals surface area contributed by atoms with Gasteiger partial charge in [0.1, 0.15) is 5.75 Å². The molecule has 1 aromatic heterocycles. The number of rotatable bonds is 3. The van der Waals surface area contributed by atoms with Crippen molar-refractivity contribution >= 4 is 16.8 Å². The summed E-state index contributed by atoms with van der Waals surface area (Å²) in [4.78, 5) is 0. The molecule has 0 spiro atoms. The molecule has 0 aliphatic rings. The van der Waals surface area contributed by atoms with Crippen molar-refractivity contribution in [2.45, 2.75) is 0 Å². The molecule has 5 nitrogen and oxygen atoms in total. The quantitative estimate of drug-likeness (QED) is 0.539. The summed E-state index contributed by atoms with van der Waals surface area (Å²) in [6, 6.07) is 5.50. The fourth-order valence-electron chi connectivity index (χ4n) is 1.30. The van der Waals surface area contributed by atoms with Crippen molar-refractivity contribution < 1.29 is 4.74 Å². The number of nitrogens with zero attached hydrogens (tertiary/aromatic N) is 1. The van der Waals surface area contributed by atoms with Crippen LogP contribution in [0.4, 0.5) is 0 Å². The number of ether oxygens (including phenoxy) is 1. The Hall–Kier alpha value is -2.30. The molecule has 0 radical (unpaired) electrons. The predicted molar refractivity (Wildman–Crippen MR) is 62.6 cm³/mol. The van der Waals surface area contributed by atoms with Gasteiger partial charge in [-0.2, -0.15) is 5.10 Å². The monoisotopic (exact) mass is 216 g/mol. The van der Waals surface area contributed by atoms with E-state index in [9.17, 15) is 0 Å².